The van der Waals surface area contributed by atoms with Gasteiger partial charge in [-0.05, 0) is 17.4 Å². The molecule has 0 unspecified atom stereocenters. The molecule has 18 heavy (non-hydrogen) atoms. The summed E-state index contributed by atoms with van der Waals surface area (Å²) in [5.41, 5.74) is 1.46. The first-order valence-electron chi connectivity index (χ1n) is 6.16. The van der Waals surface area contributed by atoms with E-state index in [1.807, 2.05) is 22.9 Å². The van der Waals surface area contributed by atoms with Gasteiger partial charge in [-0.25, -0.2) is 4.98 Å². The maximum Gasteiger partial charge on any atom is 0.488 e. The standard InChI is InChI=1S/C13H17BN2O2/c1-2-5-13-15-8-9-16(13)10-11-6-3-4-7-12(11)14(17)18/h3-4,6-9,17-18H,2,5,10H2,1H3. The Bertz CT molecular complexity index is 511. The first-order chi connectivity index (χ1) is 8.72. The zero-order valence-electron chi connectivity index (χ0n) is 10.5. The smallest absolute Gasteiger partial charge is 0.423 e. The molecular weight excluding hydrogens is 227 g/mol. The highest BCUT2D eigenvalue weighted by molar-refractivity contribution is 6.59. The number of aromatic nitrogens is 2. The van der Waals surface area contributed by atoms with E-state index in [4.69, 9.17) is 0 Å². The van der Waals surface area contributed by atoms with Crippen LogP contribution >= 0.6 is 0 Å². The Hall–Kier alpha value is -1.59. The van der Waals surface area contributed by atoms with Crippen LogP contribution in [0.15, 0.2) is 36.7 Å². The molecular formula is C13H17BN2O2. The van der Waals surface area contributed by atoms with Crippen LogP contribution in [0.5, 0.6) is 0 Å². The third kappa shape index (κ3) is 2.80. The van der Waals surface area contributed by atoms with Gasteiger partial charge in [-0.15, -0.1) is 0 Å². The summed E-state index contributed by atoms with van der Waals surface area (Å²) in [6, 6.07) is 7.34. The summed E-state index contributed by atoms with van der Waals surface area (Å²) in [7, 11) is -1.43. The number of hydrogen-bond acceptors (Lipinski definition) is 3. The Kier molecular flexibility index (Phi) is 4.17. The first-order valence-corrected chi connectivity index (χ1v) is 6.16. The fraction of sp³-hybridized carbons (Fsp3) is 0.308. The maximum atomic E-state index is 9.34. The van der Waals surface area contributed by atoms with Gasteiger partial charge in [-0.2, -0.15) is 0 Å². The van der Waals surface area contributed by atoms with Crippen LogP contribution in [0.4, 0.5) is 0 Å². The lowest BCUT2D eigenvalue weighted by atomic mass is 9.77. The fourth-order valence-electron chi connectivity index (χ4n) is 2.05. The molecule has 0 fully saturated rings. The summed E-state index contributed by atoms with van der Waals surface area (Å²) in [5, 5.41) is 18.7. The lowest BCUT2D eigenvalue weighted by Crippen LogP contribution is -2.33. The molecule has 0 radical (unpaired) electrons. The van der Waals surface area contributed by atoms with Gasteiger partial charge in [0.1, 0.15) is 5.82 Å². The largest absolute Gasteiger partial charge is 0.488 e. The van der Waals surface area contributed by atoms with Gasteiger partial charge < -0.3 is 14.6 Å². The van der Waals surface area contributed by atoms with E-state index in [-0.39, 0.29) is 0 Å². The normalized spacial score (nSPS) is 10.6. The van der Waals surface area contributed by atoms with Crippen molar-refractivity contribution in [1.29, 1.82) is 0 Å². The van der Waals surface area contributed by atoms with Gasteiger partial charge >= 0.3 is 7.12 Å². The van der Waals surface area contributed by atoms with E-state index in [0.717, 1.165) is 24.2 Å². The van der Waals surface area contributed by atoms with Gasteiger partial charge in [-0.1, -0.05) is 31.2 Å². The lowest BCUT2D eigenvalue weighted by Gasteiger charge is -2.11. The molecule has 0 aliphatic carbocycles. The molecule has 2 aromatic rings. The molecule has 0 aliphatic rings. The van der Waals surface area contributed by atoms with Crippen LogP contribution in [-0.4, -0.2) is 26.7 Å². The van der Waals surface area contributed by atoms with Crippen molar-refractivity contribution in [2.24, 2.45) is 0 Å². The second-order valence-corrected chi connectivity index (χ2v) is 4.29. The Balaban J connectivity index is 2.25. The zero-order valence-corrected chi connectivity index (χ0v) is 10.5. The van der Waals surface area contributed by atoms with Gasteiger partial charge in [-0.3, -0.25) is 0 Å². The van der Waals surface area contributed by atoms with E-state index in [1.54, 1.807) is 18.3 Å². The van der Waals surface area contributed by atoms with E-state index in [9.17, 15) is 10.0 Å². The molecule has 0 atom stereocenters. The quantitative estimate of drug-likeness (QED) is 0.756. The zero-order chi connectivity index (χ0) is 13.0. The fourth-order valence-corrected chi connectivity index (χ4v) is 2.05. The molecule has 0 saturated carbocycles. The Labute approximate surface area is 107 Å². The van der Waals surface area contributed by atoms with Crippen LogP contribution in [0.25, 0.3) is 0 Å². The number of rotatable bonds is 5. The van der Waals surface area contributed by atoms with Gasteiger partial charge in [0.2, 0.25) is 0 Å². The minimum absolute atomic E-state index is 0.550. The number of hydrogen-bond donors (Lipinski definition) is 2. The molecule has 1 heterocycles. The second kappa shape index (κ2) is 5.84. The summed E-state index contributed by atoms with van der Waals surface area (Å²) < 4.78 is 2.05. The van der Waals surface area contributed by atoms with Crippen LogP contribution in [-0.2, 0) is 13.0 Å². The molecule has 0 saturated heterocycles. The molecule has 0 spiro atoms. The maximum absolute atomic E-state index is 9.34. The average Bonchev–Trinajstić information content (AvgIpc) is 2.78. The third-order valence-electron chi connectivity index (χ3n) is 2.95. The van der Waals surface area contributed by atoms with Crippen LogP contribution in [0, 0.1) is 0 Å². The predicted octanol–water partition coefficient (Wildman–Crippen LogP) is 0.564. The van der Waals surface area contributed by atoms with Crippen LogP contribution in [0.1, 0.15) is 24.7 Å². The number of aryl methyl sites for hydroxylation is 1. The molecule has 0 amide bonds. The van der Waals surface area contributed by atoms with Crippen molar-refractivity contribution in [2.45, 2.75) is 26.3 Å². The van der Waals surface area contributed by atoms with Crippen molar-refractivity contribution in [2.75, 3.05) is 0 Å². The third-order valence-corrected chi connectivity index (χ3v) is 2.95. The van der Waals surface area contributed by atoms with Crippen LogP contribution in [0.2, 0.25) is 0 Å². The molecule has 0 aliphatic heterocycles. The van der Waals surface area contributed by atoms with Gasteiger partial charge in [0.05, 0.1) is 0 Å². The Morgan fingerprint density at radius 1 is 1.28 bits per heavy atom. The van der Waals surface area contributed by atoms with E-state index in [1.165, 1.54) is 0 Å². The highest BCUT2D eigenvalue weighted by Gasteiger charge is 2.15. The van der Waals surface area contributed by atoms with Crippen molar-refractivity contribution < 1.29 is 10.0 Å². The number of nitrogens with zero attached hydrogens (tertiary/aromatic N) is 2. The Morgan fingerprint density at radius 3 is 2.78 bits per heavy atom. The predicted molar refractivity (Wildman–Crippen MR) is 71.6 cm³/mol. The summed E-state index contributed by atoms with van der Waals surface area (Å²) in [6.45, 7) is 2.73. The topological polar surface area (TPSA) is 58.3 Å². The summed E-state index contributed by atoms with van der Waals surface area (Å²) in [4.78, 5) is 4.31. The highest BCUT2D eigenvalue weighted by Crippen LogP contribution is 2.06. The average molecular weight is 244 g/mol. The van der Waals surface area contributed by atoms with Crippen molar-refractivity contribution in [3.8, 4) is 0 Å². The SMILES string of the molecule is CCCc1nccn1Cc1ccccc1B(O)O. The summed E-state index contributed by atoms with van der Waals surface area (Å²) >= 11 is 0. The molecule has 4 nitrogen and oxygen atoms in total. The molecule has 2 N–H and O–H groups in total. The molecule has 94 valence electrons. The van der Waals surface area contributed by atoms with Crippen LogP contribution < -0.4 is 5.46 Å². The van der Waals surface area contributed by atoms with Gasteiger partial charge in [0.25, 0.3) is 0 Å². The van der Waals surface area contributed by atoms with Gasteiger partial charge in [0, 0.05) is 25.4 Å². The Morgan fingerprint density at radius 2 is 2.06 bits per heavy atom. The van der Waals surface area contributed by atoms with Crippen molar-refractivity contribution >= 4 is 12.6 Å². The lowest BCUT2D eigenvalue weighted by molar-refractivity contribution is 0.425. The number of benzene rings is 1. The van der Waals surface area contributed by atoms with Crippen molar-refractivity contribution in [3.05, 3.63) is 48.0 Å². The monoisotopic (exact) mass is 244 g/mol. The van der Waals surface area contributed by atoms with E-state index >= 15 is 0 Å². The molecule has 1 aromatic heterocycles. The number of imidazole rings is 1. The molecule has 0 bridgehead atoms. The van der Waals surface area contributed by atoms with E-state index in [2.05, 4.69) is 11.9 Å². The second-order valence-electron chi connectivity index (χ2n) is 4.29. The minimum atomic E-state index is -1.43. The summed E-state index contributed by atoms with van der Waals surface area (Å²) in [5.74, 6) is 1.03. The van der Waals surface area contributed by atoms with E-state index in [0.29, 0.717) is 12.0 Å². The van der Waals surface area contributed by atoms with Crippen molar-refractivity contribution in [1.82, 2.24) is 9.55 Å². The summed E-state index contributed by atoms with van der Waals surface area (Å²) in [6.07, 6.45) is 5.67. The molecule has 2 rings (SSSR count). The molecule has 5 heteroatoms. The van der Waals surface area contributed by atoms with Crippen molar-refractivity contribution in [3.63, 3.8) is 0 Å². The molecule has 1 aromatic carbocycles. The van der Waals surface area contributed by atoms with E-state index < -0.39 is 7.12 Å². The first kappa shape index (κ1) is 12.9. The highest BCUT2D eigenvalue weighted by atomic mass is 16.4. The van der Waals surface area contributed by atoms with Crippen LogP contribution in [0.3, 0.4) is 0 Å². The minimum Gasteiger partial charge on any atom is -0.423 e. The van der Waals surface area contributed by atoms with Gasteiger partial charge in [0.15, 0.2) is 0 Å².